The van der Waals surface area contributed by atoms with Crippen LogP contribution in [0.4, 0.5) is 0 Å². The van der Waals surface area contributed by atoms with Crippen molar-refractivity contribution in [2.24, 2.45) is 5.92 Å². The van der Waals surface area contributed by atoms with E-state index >= 15 is 0 Å². The van der Waals surface area contributed by atoms with Gasteiger partial charge in [0.2, 0.25) is 0 Å². The summed E-state index contributed by atoms with van der Waals surface area (Å²) in [5.74, 6) is -0.863. The molecule has 0 aliphatic rings. The van der Waals surface area contributed by atoms with Crippen molar-refractivity contribution >= 4 is 17.8 Å². The van der Waals surface area contributed by atoms with Crippen molar-refractivity contribution in [1.82, 2.24) is 10.2 Å². The lowest BCUT2D eigenvalue weighted by atomic mass is 10.0. The van der Waals surface area contributed by atoms with Crippen molar-refractivity contribution in [1.29, 1.82) is 0 Å². The summed E-state index contributed by atoms with van der Waals surface area (Å²) in [6.45, 7) is 7.12. The fourth-order valence-electron chi connectivity index (χ4n) is 1.43. The molecular weight excluding hydrogens is 244 g/mol. The smallest absolute Gasteiger partial charge is 0.307 e. The van der Waals surface area contributed by atoms with Gasteiger partial charge in [0.1, 0.15) is 5.60 Å². The summed E-state index contributed by atoms with van der Waals surface area (Å²) < 4.78 is 5.18. The topological polar surface area (TPSA) is 72.1 Å². The van der Waals surface area contributed by atoms with Crippen LogP contribution in [0, 0.1) is 5.92 Å². The van der Waals surface area contributed by atoms with E-state index in [2.05, 4.69) is 10.2 Å². The van der Waals surface area contributed by atoms with Gasteiger partial charge in [0, 0.05) is 12.1 Å². The second kappa shape index (κ2) is 6.31. The first-order valence-electron chi connectivity index (χ1n) is 6.21. The Morgan fingerprint density at radius 1 is 1.47 bits per heavy atom. The predicted molar refractivity (Wildman–Crippen MR) is 72.3 cm³/mol. The molecule has 0 unspecified atom stereocenters. The number of nitrogens with zero attached hydrogens (tertiary/aromatic N) is 1. The van der Waals surface area contributed by atoms with E-state index in [4.69, 9.17) is 4.74 Å². The predicted octanol–water partition coefficient (Wildman–Crippen LogP) is 2.36. The van der Waals surface area contributed by atoms with Gasteiger partial charge in [-0.15, -0.1) is 0 Å². The number of rotatable bonds is 5. The van der Waals surface area contributed by atoms with Crippen molar-refractivity contribution in [3.05, 3.63) is 24.0 Å². The monoisotopic (exact) mass is 264 g/mol. The molecule has 1 atom stereocenters. The first kappa shape index (κ1) is 15.1. The highest BCUT2D eigenvalue weighted by atomic mass is 16.6. The maximum atomic E-state index is 11.8. The minimum Gasteiger partial charge on any atom is -0.460 e. The number of hydrogen-bond donors (Lipinski definition) is 1. The zero-order chi connectivity index (χ0) is 14.5. The van der Waals surface area contributed by atoms with Crippen molar-refractivity contribution in [3.8, 4) is 0 Å². The molecule has 0 saturated heterocycles. The number of H-pyrrole nitrogens is 1. The number of carbonyl (C=O) groups is 2. The molecule has 1 heterocycles. The van der Waals surface area contributed by atoms with Crippen LogP contribution in [-0.4, -0.2) is 27.6 Å². The van der Waals surface area contributed by atoms with E-state index in [1.807, 2.05) is 0 Å². The molecule has 19 heavy (non-hydrogen) atoms. The molecule has 0 amide bonds. The van der Waals surface area contributed by atoms with Crippen LogP contribution in [0.15, 0.2) is 18.3 Å². The van der Waals surface area contributed by atoms with Gasteiger partial charge in [0.05, 0.1) is 12.1 Å². The molecule has 0 aliphatic carbocycles. The lowest BCUT2D eigenvalue weighted by molar-refractivity contribution is -0.156. The fourth-order valence-corrected chi connectivity index (χ4v) is 1.43. The van der Waals surface area contributed by atoms with Crippen LogP contribution in [0.5, 0.6) is 0 Å². The summed E-state index contributed by atoms with van der Waals surface area (Å²) in [5.41, 5.74) is 0.226. The van der Waals surface area contributed by atoms with E-state index in [9.17, 15) is 9.59 Å². The molecule has 0 spiro atoms. The minimum absolute atomic E-state index is 0.0867. The van der Waals surface area contributed by atoms with E-state index in [0.717, 1.165) is 5.69 Å². The number of aromatic amines is 1. The zero-order valence-electron chi connectivity index (χ0n) is 11.8. The summed E-state index contributed by atoms with van der Waals surface area (Å²) in [6.07, 6.45) is 4.78. The molecule has 0 bridgehead atoms. The Kier molecular flexibility index (Phi) is 5.03. The SMILES string of the molecule is C[C@H](CC(=O)OC(C)(C)C)C(=O)/C=C/c1ccn[nH]1. The van der Waals surface area contributed by atoms with Crippen molar-refractivity contribution in [3.63, 3.8) is 0 Å². The molecule has 1 rings (SSSR count). The highest BCUT2D eigenvalue weighted by molar-refractivity contribution is 5.96. The molecule has 0 aliphatic heterocycles. The third kappa shape index (κ3) is 5.99. The van der Waals surface area contributed by atoms with Gasteiger partial charge < -0.3 is 4.74 Å². The quantitative estimate of drug-likeness (QED) is 0.654. The van der Waals surface area contributed by atoms with Crippen LogP contribution in [0.2, 0.25) is 0 Å². The third-order valence-electron chi connectivity index (χ3n) is 2.33. The number of allylic oxidation sites excluding steroid dienone is 1. The summed E-state index contributed by atoms with van der Waals surface area (Å²) >= 11 is 0. The summed E-state index contributed by atoms with van der Waals surface area (Å²) in [5, 5.41) is 6.49. The number of aromatic nitrogens is 2. The maximum Gasteiger partial charge on any atom is 0.307 e. The van der Waals surface area contributed by atoms with Gasteiger partial charge in [-0.3, -0.25) is 14.7 Å². The number of nitrogens with one attached hydrogen (secondary N) is 1. The summed E-state index contributed by atoms with van der Waals surface area (Å²) in [7, 11) is 0. The molecule has 5 heteroatoms. The van der Waals surface area contributed by atoms with E-state index < -0.39 is 11.5 Å². The maximum absolute atomic E-state index is 11.8. The normalized spacial score (nSPS) is 13.5. The molecule has 1 aromatic rings. The lowest BCUT2D eigenvalue weighted by Gasteiger charge is -2.20. The van der Waals surface area contributed by atoms with E-state index in [1.54, 1.807) is 46.0 Å². The molecule has 1 aromatic heterocycles. The molecular formula is C14H20N2O3. The molecule has 5 nitrogen and oxygen atoms in total. The number of ketones is 1. The molecule has 104 valence electrons. The number of hydrogen-bond acceptors (Lipinski definition) is 4. The molecule has 0 saturated carbocycles. The Balaban J connectivity index is 2.47. The van der Waals surface area contributed by atoms with Gasteiger partial charge in [-0.05, 0) is 39.0 Å². The molecule has 0 radical (unpaired) electrons. The Morgan fingerprint density at radius 3 is 2.68 bits per heavy atom. The Morgan fingerprint density at radius 2 is 2.16 bits per heavy atom. The average molecular weight is 264 g/mol. The average Bonchev–Trinajstić information content (AvgIpc) is 2.75. The fraction of sp³-hybridized carbons (Fsp3) is 0.500. The first-order valence-corrected chi connectivity index (χ1v) is 6.21. The standard InChI is InChI=1S/C14H20N2O3/c1-10(9-13(18)19-14(2,3)4)12(17)6-5-11-7-8-15-16-11/h5-8,10H,9H2,1-4H3,(H,15,16)/b6-5+/t10-/m1/s1. The Hall–Kier alpha value is -1.91. The van der Waals surface area contributed by atoms with Crippen LogP contribution >= 0.6 is 0 Å². The van der Waals surface area contributed by atoms with Crippen LogP contribution in [0.1, 0.15) is 39.8 Å². The van der Waals surface area contributed by atoms with Crippen LogP contribution in [0.3, 0.4) is 0 Å². The van der Waals surface area contributed by atoms with Crippen LogP contribution in [-0.2, 0) is 14.3 Å². The van der Waals surface area contributed by atoms with Crippen molar-refractivity contribution < 1.29 is 14.3 Å². The Bertz CT molecular complexity index is 456. The number of ether oxygens (including phenoxy) is 1. The highest BCUT2D eigenvalue weighted by Gasteiger charge is 2.20. The minimum atomic E-state index is -0.522. The summed E-state index contributed by atoms with van der Waals surface area (Å²) in [6, 6.07) is 1.75. The van der Waals surface area contributed by atoms with Gasteiger partial charge >= 0.3 is 5.97 Å². The Labute approximate surface area is 113 Å². The van der Waals surface area contributed by atoms with Gasteiger partial charge in [-0.1, -0.05) is 6.92 Å². The van der Waals surface area contributed by atoms with Crippen LogP contribution < -0.4 is 0 Å². The second-order valence-electron chi connectivity index (χ2n) is 5.44. The zero-order valence-corrected chi connectivity index (χ0v) is 11.8. The van der Waals surface area contributed by atoms with E-state index in [0.29, 0.717) is 0 Å². The van der Waals surface area contributed by atoms with Gasteiger partial charge in [0.25, 0.3) is 0 Å². The second-order valence-corrected chi connectivity index (χ2v) is 5.44. The largest absolute Gasteiger partial charge is 0.460 e. The van der Waals surface area contributed by atoms with Crippen LogP contribution in [0.25, 0.3) is 6.08 Å². The third-order valence-corrected chi connectivity index (χ3v) is 2.33. The van der Waals surface area contributed by atoms with Crippen molar-refractivity contribution in [2.45, 2.75) is 39.7 Å². The first-order chi connectivity index (χ1) is 8.78. The van der Waals surface area contributed by atoms with Gasteiger partial charge in [-0.2, -0.15) is 5.10 Å². The van der Waals surface area contributed by atoms with E-state index in [-0.39, 0.29) is 18.2 Å². The van der Waals surface area contributed by atoms with Gasteiger partial charge in [-0.25, -0.2) is 0 Å². The van der Waals surface area contributed by atoms with Gasteiger partial charge in [0.15, 0.2) is 5.78 Å². The summed E-state index contributed by atoms with van der Waals surface area (Å²) in [4.78, 5) is 23.4. The molecule has 0 fully saturated rings. The number of esters is 1. The lowest BCUT2D eigenvalue weighted by Crippen LogP contribution is -2.26. The molecule has 1 N–H and O–H groups in total. The highest BCUT2D eigenvalue weighted by Crippen LogP contribution is 2.13. The van der Waals surface area contributed by atoms with Crippen molar-refractivity contribution in [2.75, 3.05) is 0 Å². The van der Waals surface area contributed by atoms with E-state index in [1.165, 1.54) is 6.08 Å². The molecule has 0 aromatic carbocycles. The number of carbonyl (C=O) groups excluding carboxylic acids is 2.